The predicted octanol–water partition coefficient (Wildman–Crippen LogP) is 2.63. The van der Waals surface area contributed by atoms with Crippen LogP contribution in [-0.4, -0.2) is 45.8 Å². The fraction of sp³-hybridized carbons (Fsp3) is 0.238. The molecule has 0 aliphatic carbocycles. The Morgan fingerprint density at radius 2 is 1.90 bits per heavy atom. The number of anilines is 1. The Labute approximate surface area is 172 Å². The van der Waals surface area contributed by atoms with Crippen LogP contribution < -0.4 is 5.73 Å². The summed E-state index contributed by atoms with van der Waals surface area (Å²) in [6.07, 6.45) is 4.95. The molecule has 1 aliphatic heterocycles. The molecule has 4 aromatic rings. The first-order chi connectivity index (χ1) is 14.5. The van der Waals surface area contributed by atoms with Crippen molar-refractivity contribution < 1.29 is 13.2 Å². The molecule has 1 saturated heterocycles. The van der Waals surface area contributed by atoms with Gasteiger partial charge in [0.15, 0.2) is 11.9 Å². The molecule has 3 aromatic heterocycles. The topological polar surface area (TPSA) is 120 Å². The lowest BCUT2D eigenvalue weighted by Gasteiger charge is -2.23. The summed E-state index contributed by atoms with van der Waals surface area (Å²) in [5.41, 5.74) is 10.1. The second kappa shape index (κ2) is 6.88. The van der Waals surface area contributed by atoms with E-state index in [1.165, 1.54) is 4.52 Å². The van der Waals surface area contributed by atoms with Gasteiger partial charge in [-0.2, -0.15) is 9.61 Å². The van der Waals surface area contributed by atoms with Crippen molar-refractivity contribution in [3.05, 3.63) is 54.0 Å². The number of nitrogens with two attached hydrogens (primary N) is 1. The van der Waals surface area contributed by atoms with Gasteiger partial charge in [0.2, 0.25) is 0 Å². The molecule has 5 rings (SSSR count). The van der Waals surface area contributed by atoms with E-state index >= 15 is 0 Å². The van der Waals surface area contributed by atoms with Crippen molar-refractivity contribution in [2.24, 2.45) is 0 Å². The van der Waals surface area contributed by atoms with Gasteiger partial charge in [0.1, 0.15) is 15.7 Å². The average molecular weight is 421 g/mol. The minimum absolute atomic E-state index is 0.0867. The van der Waals surface area contributed by atoms with Gasteiger partial charge in [-0.05, 0) is 25.0 Å². The number of nitrogens with zero attached hydrogens (tertiary/aromatic N) is 4. The van der Waals surface area contributed by atoms with Gasteiger partial charge in [-0.25, -0.2) is 13.4 Å². The van der Waals surface area contributed by atoms with E-state index in [4.69, 9.17) is 10.7 Å². The molecular formula is C21H19N5O3S. The number of benzene rings is 1. The van der Waals surface area contributed by atoms with Gasteiger partial charge in [0.25, 0.3) is 0 Å². The number of carbonyl (C=O) groups is 1. The molecule has 0 amide bonds. The summed E-state index contributed by atoms with van der Waals surface area (Å²) < 4.78 is 25.1. The molecule has 1 aromatic carbocycles. The lowest BCUT2D eigenvalue weighted by molar-refractivity contribution is 0.112. The van der Waals surface area contributed by atoms with Crippen LogP contribution in [-0.2, 0) is 9.84 Å². The smallest absolute Gasteiger partial charge is 0.165 e. The van der Waals surface area contributed by atoms with E-state index in [2.05, 4.69) is 10.1 Å². The number of hydrogen-bond donors (Lipinski definition) is 1. The molecule has 2 N–H and O–H groups in total. The van der Waals surface area contributed by atoms with Crippen molar-refractivity contribution in [3.8, 4) is 11.1 Å². The number of aromatic nitrogens is 4. The highest BCUT2D eigenvalue weighted by Crippen LogP contribution is 2.34. The monoisotopic (exact) mass is 421 g/mol. The summed E-state index contributed by atoms with van der Waals surface area (Å²) >= 11 is 0. The number of aldehydes is 1. The van der Waals surface area contributed by atoms with Gasteiger partial charge in [0.05, 0.1) is 34.5 Å². The van der Waals surface area contributed by atoms with Gasteiger partial charge in [-0.15, -0.1) is 0 Å². The van der Waals surface area contributed by atoms with Crippen LogP contribution in [0.3, 0.4) is 0 Å². The Hall–Kier alpha value is -3.33. The quantitative estimate of drug-likeness (QED) is 0.505. The van der Waals surface area contributed by atoms with Crippen LogP contribution in [0.15, 0.2) is 42.7 Å². The molecule has 0 radical (unpaired) electrons. The van der Waals surface area contributed by atoms with Crippen molar-refractivity contribution in [1.82, 2.24) is 19.6 Å². The fourth-order valence-electron chi connectivity index (χ4n) is 4.06. The van der Waals surface area contributed by atoms with Gasteiger partial charge in [0, 0.05) is 28.6 Å². The highest BCUT2D eigenvalue weighted by atomic mass is 32.2. The second-order valence-corrected chi connectivity index (χ2v) is 9.85. The maximum absolute atomic E-state index is 11.8. The van der Waals surface area contributed by atoms with E-state index < -0.39 is 9.84 Å². The van der Waals surface area contributed by atoms with Crippen LogP contribution in [0.4, 0.5) is 5.82 Å². The van der Waals surface area contributed by atoms with Crippen LogP contribution in [0.2, 0.25) is 0 Å². The summed E-state index contributed by atoms with van der Waals surface area (Å²) in [4.78, 5) is 21.1. The molecular weight excluding hydrogens is 402 g/mol. The molecule has 1 aliphatic rings. The Morgan fingerprint density at radius 3 is 2.67 bits per heavy atom. The molecule has 152 valence electrons. The maximum Gasteiger partial charge on any atom is 0.165 e. The van der Waals surface area contributed by atoms with Crippen LogP contribution in [0.1, 0.15) is 34.8 Å². The molecule has 0 spiro atoms. The van der Waals surface area contributed by atoms with Crippen molar-refractivity contribution in [2.45, 2.75) is 18.8 Å². The molecule has 9 heteroatoms. The van der Waals surface area contributed by atoms with E-state index in [1.54, 1.807) is 12.4 Å². The number of fused-ring (bicyclic) bond motifs is 2. The zero-order valence-corrected chi connectivity index (χ0v) is 16.8. The van der Waals surface area contributed by atoms with Crippen molar-refractivity contribution in [1.29, 1.82) is 0 Å². The lowest BCUT2D eigenvalue weighted by Crippen LogP contribution is -2.24. The van der Waals surface area contributed by atoms with E-state index in [-0.39, 0.29) is 28.8 Å². The van der Waals surface area contributed by atoms with Crippen LogP contribution in [0, 0.1) is 0 Å². The number of carbonyl (C=O) groups excluding carboxylic acids is 1. The molecule has 8 nitrogen and oxygen atoms in total. The predicted molar refractivity (Wildman–Crippen MR) is 114 cm³/mol. The van der Waals surface area contributed by atoms with E-state index in [0.717, 1.165) is 22.0 Å². The molecule has 30 heavy (non-hydrogen) atoms. The first-order valence-electron chi connectivity index (χ1n) is 9.65. The Kier molecular flexibility index (Phi) is 4.28. The molecule has 0 bridgehead atoms. The number of hydrogen-bond acceptors (Lipinski definition) is 7. The zero-order valence-electron chi connectivity index (χ0n) is 16.0. The van der Waals surface area contributed by atoms with Gasteiger partial charge in [-0.1, -0.05) is 18.2 Å². The SMILES string of the molecule is Nc1c(C=O)c(C2CCS(=O)(=O)CC2)nc2c(-c3cnc4ccccc4c3)cnn12. The minimum Gasteiger partial charge on any atom is -0.383 e. The molecule has 0 atom stereocenters. The average Bonchev–Trinajstić information content (AvgIpc) is 3.18. The number of para-hydroxylation sites is 1. The van der Waals surface area contributed by atoms with Crippen LogP contribution in [0.5, 0.6) is 0 Å². The summed E-state index contributed by atoms with van der Waals surface area (Å²) in [5.74, 6) is 0.240. The first-order valence-corrected chi connectivity index (χ1v) is 11.5. The van der Waals surface area contributed by atoms with Gasteiger partial charge in [-0.3, -0.25) is 9.78 Å². The number of nitrogen functional groups attached to an aromatic ring is 1. The normalized spacial score (nSPS) is 16.8. The van der Waals surface area contributed by atoms with Gasteiger partial charge >= 0.3 is 0 Å². The fourth-order valence-corrected chi connectivity index (χ4v) is 5.55. The second-order valence-electron chi connectivity index (χ2n) is 7.55. The third kappa shape index (κ3) is 3.02. The number of sulfone groups is 1. The Morgan fingerprint density at radius 1 is 1.13 bits per heavy atom. The molecule has 1 fully saturated rings. The molecule has 0 saturated carbocycles. The highest BCUT2D eigenvalue weighted by molar-refractivity contribution is 7.91. The maximum atomic E-state index is 11.8. The highest BCUT2D eigenvalue weighted by Gasteiger charge is 2.29. The van der Waals surface area contributed by atoms with E-state index in [0.29, 0.717) is 30.5 Å². The summed E-state index contributed by atoms with van der Waals surface area (Å²) in [6.45, 7) is 0. The molecule has 0 unspecified atom stereocenters. The summed E-state index contributed by atoms with van der Waals surface area (Å²) in [5, 5.41) is 5.33. The standard InChI is InChI=1S/C21H19N5O3S/c22-20-17(12-27)19(13-5-7-30(28,29)8-6-13)25-21-16(11-24-26(20)21)15-9-14-3-1-2-4-18(14)23-10-15/h1-4,9-13H,5-8,22H2. The summed E-state index contributed by atoms with van der Waals surface area (Å²) in [6, 6.07) is 9.82. The van der Waals surface area contributed by atoms with Crippen molar-refractivity contribution >= 4 is 38.5 Å². The number of pyridine rings is 1. The van der Waals surface area contributed by atoms with Crippen molar-refractivity contribution in [3.63, 3.8) is 0 Å². The molecule has 4 heterocycles. The van der Waals surface area contributed by atoms with E-state index in [1.807, 2.05) is 30.3 Å². The summed E-state index contributed by atoms with van der Waals surface area (Å²) in [7, 11) is -3.03. The largest absolute Gasteiger partial charge is 0.383 e. The van der Waals surface area contributed by atoms with Gasteiger partial charge < -0.3 is 5.73 Å². The third-order valence-electron chi connectivity index (χ3n) is 5.71. The Bertz CT molecular complexity index is 1400. The minimum atomic E-state index is -3.03. The van der Waals surface area contributed by atoms with E-state index in [9.17, 15) is 13.2 Å². The third-order valence-corrected chi connectivity index (χ3v) is 7.43. The first kappa shape index (κ1) is 18.7. The van der Waals surface area contributed by atoms with Crippen molar-refractivity contribution in [2.75, 3.05) is 17.2 Å². The van der Waals surface area contributed by atoms with Crippen LogP contribution in [0.25, 0.3) is 27.7 Å². The number of rotatable bonds is 3. The zero-order chi connectivity index (χ0) is 20.9. The Balaban J connectivity index is 1.67. The lowest BCUT2D eigenvalue weighted by atomic mass is 9.95. The van der Waals surface area contributed by atoms with Crippen LogP contribution >= 0.6 is 0 Å².